The molecule has 1 saturated carbocycles. The van der Waals surface area contributed by atoms with E-state index < -0.39 is 0 Å². The van der Waals surface area contributed by atoms with Gasteiger partial charge in [-0.3, -0.25) is 9.59 Å². The molecule has 2 aromatic rings. The van der Waals surface area contributed by atoms with Crippen LogP contribution in [0.5, 0.6) is 5.75 Å². The Balaban J connectivity index is 1.45. The second-order valence-corrected chi connectivity index (χ2v) is 6.94. The van der Waals surface area contributed by atoms with E-state index in [9.17, 15) is 9.59 Å². The molecule has 1 N–H and O–H groups in total. The summed E-state index contributed by atoms with van der Waals surface area (Å²) in [6.07, 6.45) is 2.44. The monoisotopic (exact) mass is 342 g/mol. The smallest absolute Gasteiger partial charge is 0.226 e. The van der Waals surface area contributed by atoms with E-state index in [-0.39, 0.29) is 23.8 Å². The first-order valence-corrected chi connectivity index (χ1v) is 8.73. The number of hydrogen-bond donors (Lipinski definition) is 1. The highest BCUT2D eigenvalue weighted by molar-refractivity contribution is 5.90. The normalized spacial score (nSPS) is 21.6. The molecule has 6 heteroatoms. The van der Waals surface area contributed by atoms with Gasteiger partial charge in [-0.25, -0.2) is 0 Å². The molecule has 0 spiro atoms. The lowest BCUT2D eigenvalue weighted by atomic mass is 10.1. The van der Waals surface area contributed by atoms with Crippen LogP contribution < -0.4 is 10.1 Å². The molecule has 0 unspecified atom stereocenters. The highest BCUT2D eigenvalue weighted by Gasteiger charge is 2.41. The van der Waals surface area contributed by atoms with Crippen molar-refractivity contribution in [3.8, 4) is 5.75 Å². The summed E-state index contributed by atoms with van der Waals surface area (Å²) >= 11 is 0. The Kier molecular flexibility index (Phi) is 3.90. The maximum absolute atomic E-state index is 12.5. The number of methoxy groups -OCH3 is 1. The number of furan rings is 1. The molecule has 2 aliphatic rings. The molecule has 2 amide bonds. The van der Waals surface area contributed by atoms with Crippen molar-refractivity contribution in [2.45, 2.75) is 38.3 Å². The zero-order valence-corrected chi connectivity index (χ0v) is 14.5. The Morgan fingerprint density at radius 3 is 2.92 bits per heavy atom. The number of amides is 2. The fourth-order valence-electron chi connectivity index (χ4n) is 3.48. The standard InChI is InChI=1S/C19H22N2O4/c1-11(16-8-12-4-3-5-15(24-2)18(12)25-16)20-19(23)13-9-17(22)21(10-13)14-6-7-14/h3-5,8,11,13-14H,6-7,9-10H2,1-2H3,(H,20,23)/t11-,13+/m1/s1. The summed E-state index contributed by atoms with van der Waals surface area (Å²) in [5.74, 6) is 1.09. The van der Waals surface area contributed by atoms with Crippen LogP contribution in [0.25, 0.3) is 11.0 Å². The summed E-state index contributed by atoms with van der Waals surface area (Å²) in [4.78, 5) is 26.4. The highest BCUT2D eigenvalue weighted by atomic mass is 16.5. The van der Waals surface area contributed by atoms with Crippen molar-refractivity contribution in [3.05, 3.63) is 30.0 Å². The van der Waals surface area contributed by atoms with Gasteiger partial charge in [0.05, 0.1) is 19.1 Å². The molecular weight excluding hydrogens is 320 g/mol. The quantitative estimate of drug-likeness (QED) is 0.907. The predicted octanol–water partition coefficient (Wildman–Crippen LogP) is 2.63. The fourth-order valence-corrected chi connectivity index (χ4v) is 3.48. The molecule has 1 saturated heterocycles. The highest BCUT2D eigenvalue weighted by Crippen LogP contribution is 2.34. The molecule has 25 heavy (non-hydrogen) atoms. The van der Waals surface area contributed by atoms with Crippen molar-refractivity contribution in [2.24, 2.45) is 5.92 Å². The molecule has 132 valence electrons. The van der Waals surface area contributed by atoms with E-state index in [1.165, 1.54) is 0 Å². The first kappa shape index (κ1) is 16.0. The van der Waals surface area contributed by atoms with Gasteiger partial charge in [0.2, 0.25) is 11.8 Å². The third-order valence-electron chi connectivity index (χ3n) is 5.05. The van der Waals surface area contributed by atoms with Gasteiger partial charge in [-0.1, -0.05) is 12.1 Å². The molecule has 4 rings (SSSR count). The fraction of sp³-hybridized carbons (Fsp3) is 0.474. The molecule has 2 heterocycles. The van der Waals surface area contributed by atoms with Gasteiger partial charge in [0.25, 0.3) is 0 Å². The van der Waals surface area contributed by atoms with Gasteiger partial charge in [0.1, 0.15) is 5.76 Å². The zero-order chi connectivity index (χ0) is 17.6. The Morgan fingerprint density at radius 2 is 2.20 bits per heavy atom. The van der Waals surface area contributed by atoms with Crippen molar-refractivity contribution < 1.29 is 18.7 Å². The van der Waals surface area contributed by atoms with Crippen molar-refractivity contribution in [2.75, 3.05) is 13.7 Å². The van der Waals surface area contributed by atoms with Gasteiger partial charge >= 0.3 is 0 Å². The van der Waals surface area contributed by atoms with Crippen LogP contribution in [-0.4, -0.2) is 36.4 Å². The molecule has 1 aromatic heterocycles. The number of carbonyl (C=O) groups excluding carboxylic acids is 2. The van der Waals surface area contributed by atoms with E-state index in [4.69, 9.17) is 9.15 Å². The molecular formula is C19H22N2O4. The Labute approximate surface area is 146 Å². The van der Waals surface area contributed by atoms with Crippen molar-refractivity contribution >= 4 is 22.8 Å². The number of ether oxygens (including phenoxy) is 1. The topological polar surface area (TPSA) is 71.8 Å². The first-order valence-electron chi connectivity index (χ1n) is 8.73. The molecule has 6 nitrogen and oxygen atoms in total. The lowest BCUT2D eigenvalue weighted by molar-refractivity contribution is -0.129. The van der Waals surface area contributed by atoms with Crippen LogP contribution in [0.15, 0.2) is 28.7 Å². The van der Waals surface area contributed by atoms with E-state index in [1.54, 1.807) is 7.11 Å². The van der Waals surface area contributed by atoms with Gasteiger partial charge < -0.3 is 19.4 Å². The van der Waals surface area contributed by atoms with E-state index in [0.717, 1.165) is 18.2 Å². The minimum absolute atomic E-state index is 0.0866. The third kappa shape index (κ3) is 2.97. The second-order valence-electron chi connectivity index (χ2n) is 6.94. The Bertz CT molecular complexity index is 824. The largest absolute Gasteiger partial charge is 0.493 e. The van der Waals surface area contributed by atoms with E-state index in [1.807, 2.05) is 36.1 Å². The van der Waals surface area contributed by atoms with Gasteiger partial charge in [0, 0.05) is 24.4 Å². The maximum atomic E-state index is 12.5. The SMILES string of the molecule is COc1cccc2cc([C@@H](C)NC(=O)[C@H]3CC(=O)N(C4CC4)C3)oc12. The van der Waals surface area contributed by atoms with Crippen LogP contribution in [0, 0.1) is 5.92 Å². The van der Waals surface area contributed by atoms with Crippen LogP contribution in [0.2, 0.25) is 0 Å². The number of rotatable bonds is 5. The number of nitrogens with one attached hydrogen (secondary N) is 1. The summed E-state index contributed by atoms with van der Waals surface area (Å²) in [6, 6.07) is 7.71. The molecule has 2 atom stereocenters. The van der Waals surface area contributed by atoms with Crippen LogP contribution in [0.1, 0.15) is 38.0 Å². The van der Waals surface area contributed by atoms with Crippen molar-refractivity contribution in [1.29, 1.82) is 0 Å². The minimum atomic E-state index is -0.269. The molecule has 1 aliphatic heterocycles. The lowest BCUT2D eigenvalue weighted by Crippen LogP contribution is -2.34. The number of nitrogens with zero attached hydrogens (tertiary/aromatic N) is 1. The van der Waals surface area contributed by atoms with Gasteiger partial charge in [-0.05, 0) is 31.9 Å². The number of likely N-dealkylation sites (tertiary alicyclic amines) is 1. The summed E-state index contributed by atoms with van der Waals surface area (Å²) in [5.41, 5.74) is 0.678. The summed E-state index contributed by atoms with van der Waals surface area (Å²) in [7, 11) is 1.60. The van der Waals surface area contributed by atoms with Crippen LogP contribution >= 0.6 is 0 Å². The number of hydrogen-bond acceptors (Lipinski definition) is 4. The summed E-state index contributed by atoms with van der Waals surface area (Å²) < 4.78 is 11.2. The molecule has 1 aliphatic carbocycles. The van der Waals surface area contributed by atoms with E-state index >= 15 is 0 Å². The lowest BCUT2D eigenvalue weighted by Gasteiger charge is -2.17. The third-order valence-corrected chi connectivity index (χ3v) is 5.05. The van der Waals surface area contributed by atoms with Crippen LogP contribution in [0.3, 0.4) is 0 Å². The van der Waals surface area contributed by atoms with Gasteiger partial charge in [-0.2, -0.15) is 0 Å². The average molecular weight is 342 g/mol. The first-order chi connectivity index (χ1) is 12.1. The second kappa shape index (κ2) is 6.10. The maximum Gasteiger partial charge on any atom is 0.226 e. The molecule has 0 bridgehead atoms. The summed E-state index contributed by atoms with van der Waals surface area (Å²) in [6.45, 7) is 2.42. The predicted molar refractivity (Wildman–Crippen MR) is 92.2 cm³/mol. The number of benzene rings is 1. The number of para-hydroxylation sites is 1. The molecule has 2 fully saturated rings. The van der Waals surface area contributed by atoms with Crippen LogP contribution in [0.4, 0.5) is 0 Å². The van der Waals surface area contributed by atoms with E-state index in [0.29, 0.717) is 36.1 Å². The number of fused-ring (bicyclic) bond motifs is 1. The van der Waals surface area contributed by atoms with Gasteiger partial charge in [0.15, 0.2) is 11.3 Å². The zero-order valence-electron chi connectivity index (χ0n) is 14.5. The van der Waals surface area contributed by atoms with Crippen LogP contribution in [-0.2, 0) is 9.59 Å². The number of carbonyl (C=O) groups is 2. The molecule has 0 radical (unpaired) electrons. The summed E-state index contributed by atoms with van der Waals surface area (Å²) in [5, 5.41) is 3.92. The minimum Gasteiger partial charge on any atom is -0.493 e. The Hall–Kier alpha value is -2.50. The van der Waals surface area contributed by atoms with Crippen molar-refractivity contribution in [3.63, 3.8) is 0 Å². The Morgan fingerprint density at radius 1 is 1.40 bits per heavy atom. The average Bonchev–Trinajstić information content (AvgIpc) is 3.21. The van der Waals surface area contributed by atoms with Gasteiger partial charge in [-0.15, -0.1) is 0 Å². The van der Waals surface area contributed by atoms with Crippen molar-refractivity contribution in [1.82, 2.24) is 10.2 Å². The molecule has 1 aromatic carbocycles. The van der Waals surface area contributed by atoms with E-state index in [2.05, 4.69) is 5.32 Å².